The fourth-order valence-corrected chi connectivity index (χ4v) is 2.17. The number of halogens is 1. The number of rotatable bonds is 4. The Labute approximate surface area is 111 Å². The maximum atomic E-state index is 5.94. The van der Waals surface area contributed by atoms with Gasteiger partial charge in [0.05, 0.1) is 12.7 Å². The summed E-state index contributed by atoms with van der Waals surface area (Å²) in [6, 6.07) is 6.43. The molecule has 0 aliphatic heterocycles. The summed E-state index contributed by atoms with van der Waals surface area (Å²) in [5.74, 6) is 1.54. The zero-order valence-corrected chi connectivity index (χ0v) is 11.0. The van der Waals surface area contributed by atoms with E-state index in [1.54, 1.807) is 6.20 Å². The molecule has 0 atom stereocenters. The molecule has 1 aromatic heterocycles. The highest BCUT2D eigenvalue weighted by atomic mass is 35.5. The number of benzene rings is 1. The van der Waals surface area contributed by atoms with E-state index in [0.717, 1.165) is 27.8 Å². The molecule has 1 fully saturated rings. The third-order valence-corrected chi connectivity index (χ3v) is 3.36. The van der Waals surface area contributed by atoms with Gasteiger partial charge in [-0.05, 0) is 43.5 Å². The molecule has 1 aliphatic carbocycles. The fourth-order valence-electron chi connectivity index (χ4n) is 1.94. The molecule has 1 N–H and O–H groups in total. The van der Waals surface area contributed by atoms with Crippen LogP contribution in [0.4, 0.5) is 0 Å². The summed E-state index contributed by atoms with van der Waals surface area (Å²) in [5.41, 5.74) is 2.14. The van der Waals surface area contributed by atoms with Gasteiger partial charge in [0.2, 0.25) is 5.89 Å². The van der Waals surface area contributed by atoms with Crippen molar-refractivity contribution >= 4 is 11.6 Å². The monoisotopic (exact) mass is 262 g/mol. The van der Waals surface area contributed by atoms with Gasteiger partial charge in [0.25, 0.3) is 0 Å². The van der Waals surface area contributed by atoms with Crippen LogP contribution in [0.5, 0.6) is 0 Å². The first-order valence-corrected chi connectivity index (χ1v) is 6.55. The number of hydrogen-bond donors (Lipinski definition) is 1. The minimum atomic E-state index is 0.664. The lowest BCUT2D eigenvalue weighted by Gasteiger charge is -2.02. The molecule has 3 nitrogen and oxygen atoms in total. The van der Waals surface area contributed by atoms with Gasteiger partial charge >= 0.3 is 0 Å². The van der Waals surface area contributed by atoms with Gasteiger partial charge in [0.1, 0.15) is 0 Å². The average Bonchev–Trinajstić information content (AvgIpc) is 3.05. The van der Waals surface area contributed by atoms with Gasteiger partial charge in [0, 0.05) is 16.6 Å². The molecule has 3 rings (SSSR count). The molecule has 0 unspecified atom stereocenters. The van der Waals surface area contributed by atoms with Crippen LogP contribution in [0, 0.1) is 6.92 Å². The highest BCUT2D eigenvalue weighted by molar-refractivity contribution is 6.30. The van der Waals surface area contributed by atoms with Crippen molar-refractivity contribution in [1.29, 1.82) is 0 Å². The Bertz CT molecular complexity index is 561. The highest BCUT2D eigenvalue weighted by Crippen LogP contribution is 2.27. The molecule has 1 aromatic carbocycles. The van der Waals surface area contributed by atoms with E-state index in [9.17, 15) is 0 Å². The van der Waals surface area contributed by atoms with Gasteiger partial charge in [-0.3, -0.25) is 0 Å². The van der Waals surface area contributed by atoms with Crippen LogP contribution in [-0.4, -0.2) is 11.0 Å². The number of nitrogens with zero attached hydrogens (tertiary/aromatic N) is 1. The van der Waals surface area contributed by atoms with Crippen molar-refractivity contribution in [2.24, 2.45) is 0 Å². The van der Waals surface area contributed by atoms with Crippen LogP contribution in [0.2, 0.25) is 5.02 Å². The Kier molecular flexibility index (Phi) is 3.10. The largest absolute Gasteiger partial charge is 0.439 e. The summed E-state index contributed by atoms with van der Waals surface area (Å²) in [5, 5.41) is 4.13. The molecular formula is C14H15ClN2O. The summed E-state index contributed by atoms with van der Waals surface area (Å²) < 4.78 is 5.75. The zero-order valence-electron chi connectivity index (χ0n) is 10.2. The van der Waals surface area contributed by atoms with Crippen LogP contribution in [0.3, 0.4) is 0 Å². The average molecular weight is 263 g/mol. The molecule has 0 amide bonds. The molecule has 18 heavy (non-hydrogen) atoms. The van der Waals surface area contributed by atoms with E-state index in [0.29, 0.717) is 12.6 Å². The van der Waals surface area contributed by atoms with Gasteiger partial charge in [-0.25, -0.2) is 4.98 Å². The van der Waals surface area contributed by atoms with Gasteiger partial charge in [0.15, 0.2) is 5.76 Å². The SMILES string of the molecule is Cc1cc(Cl)ccc1-c1cnc(CNC2CC2)o1. The number of nitrogens with one attached hydrogen (secondary N) is 1. The molecule has 0 saturated heterocycles. The molecule has 1 heterocycles. The first-order chi connectivity index (χ1) is 8.72. The Morgan fingerprint density at radius 2 is 2.28 bits per heavy atom. The predicted molar refractivity (Wildman–Crippen MR) is 71.5 cm³/mol. The zero-order chi connectivity index (χ0) is 12.5. The summed E-state index contributed by atoms with van der Waals surface area (Å²) in [6.45, 7) is 2.73. The minimum absolute atomic E-state index is 0.664. The normalized spacial score (nSPS) is 15.0. The highest BCUT2D eigenvalue weighted by Gasteiger charge is 2.21. The molecule has 4 heteroatoms. The molecule has 1 saturated carbocycles. The summed E-state index contributed by atoms with van der Waals surface area (Å²) in [6.07, 6.45) is 4.31. The van der Waals surface area contributed by atoms with Crippen LogP contribution in [0.15, 0.2) is 28.8 Å². The van der Waals surface area contributed by atoms with Crippen molar-refractivity contribution in [2.75, 3.05) is 0 Å². The maximum absolute atomic E-state index is 5.94. The second kappa shape index (κ2) is 4.75. The first kappa shape index (κ1) is 11.8. The topological polar surface area (TPSA) is 38.1 Å². The predicted octanol–water partition coefficient (Wildman–Crippen LogP) is 3.56. The van der Waals surface area contributed by atoms with E-state index < -0.39 is 0 Å². The van der Waals surface area contributed by atoms with Crippen LogP contribution in [-0.2, 0) is 6.54 Å². The minimum Gasteiger partial charge on any atom is -0.439 e. The Hall–Kier alpha value is -1.32. The second-order valence-electron chi connectivity index (χ2n) is 4.73. The van der Waals surface area contributed by atoms with Gasteiger partial charge in [-0.2, -0.15) is 0 Å². The summed E-state index contributed by atoms with van der Waals surface area (Å²) in [4.78, 5) is 4.29. The lowest BCUT2D eigenvalue weighted by Crippen LogP contribution is -2.15. The molecule has 0 radical (unpaired) electrons. The Morgan fingerprint density at radius 1 is 1.44 bits per heavy atom. The molecular weight excluding hydrogens is 248 g/mol. The van der Waals surface area contributed by atoms with Crippen molar-refractivity contribution < 1.29 is 4.42 Å². The molecule has 0 bridgehead atoms. The Morgan fingerprint density at radius 3 is 3.00 bits per heavy atom. The third kappa shape index (κ3) is 2.57. The summed E-state index contributed by atoms with van der Waals surface area (Å²) in [7, 11) is 0. The van der Waals surface area contributed by atoms with Crippen LogP contribution >= 0.6 is 11.6 Å². The van der Waals surface area contributed by atoms with Crippen LogP contribution in [0.1, 0.15) is 24.3 Å². The van der Waals surface area contributed by atoms with Crippen molar-refractivity contribution in [2.45, 2.75) is 32.4 Å². The molecule has 2 aromatic rings. The van der Waals surface area contributed by atoms with E-state index in [-0.39, 0.29) is 0 Å². The number of oxazole rings is 1. The standard InChI is InChI=1S/C14H15ClN2O/c1-9-6-10(15)2-5-12(9)13-7-17-14(18-13)8-16-11-3-4-11/h2,5-7,11,16H,3-4,8H2,1H3. The van der Waals surface area contributed by atoms with E-state index >= 15 is 0 Å². The number of aryl methyl sites for hydroxylation is 1. The third-order valence-electron chi connectivity index (χ3n) is 3.13. The van der Waals surface area contributed by atoms with E-state index in [1.807, 2.05) is 25.1 Å². The first-order valence-electron chi connectivity index (χ1n) is 6.17. The van der Waals surface area contributed by atoms with Crippen molar-refractivity contribution in [3.63, 3.8) is 0 Å². The lowest BCUT2D eigenvalue weighted by atomic mass is 10.1. The smallest absolute Gasteiger partial charge is 0.208 e. The lowest BCUT2D eigenvalue weighted by molar-refractivity contribution is 0.476. The van der Waals surface area contributed by atoms with Gasteiger partial charge in [-0.1, -0.05) is 11.6 Å². The van der Waals surface area contributed by atoms with Crippen molar-refractivity contribution in [3.8, 4) is 11.3 Å². The van der Waals surface area contributed by atoms with Crippen molar-refractivity contribution in [3.05, 3.63) is 40.9 Å². The maximum Gasteiger partial charge on any atom is 0.208 e. The molecule has 94 valence electrons. The van der Waals surface area contributed by atoms with E-state index in [1.165, 1.54) is 12.8 Å². The second-order valence-corrected chi connectivity index (χ2v) is 5.17. The van der Waals surface area contributed by atoms with Crippen LogP contribution in [0.25, 0.3) is 11.3 Å². The van der Waals surface area contributed by atoms with E-state index in [4.69, 9.17) is 16.0 Å². The van der Waals surface area contributed by atoms with Gasteiger partial charge in [-0.15, -0.1) is 0 Å². The van der Waals surface area contributed by atoms with Crippen molar-refractivity contribution in [1.82, 2.24) is 10.3 Å². The van der Waals surface area contributed by atoms with E-state index in [2.05, 4.69) is 10.3 Å². The van der Waals surface area contributed by atoms with Gasteiger partial charge < -0.3 is 9.73 Å². The summed E-state index contributed by atoms with van der Waals surface area (Å²) >= 11 is 5.94. The van der Waals surface area contributed by atoms with Crippen LogP contribution < -0.4 is 5.32 Å². The molecule has 1 aliphatic rings. The quantitative estimate of drug-likeness (QED) is 0.916. The fraction of sp³-hybridized carbons (Fsp3) is 0.357. The number of hydrogen-bond acceptors (Lipinski definition) is 3. The Balaban J connectivity index is 1.78. The number of aromatic nitrogens is 1. The molecule has 0 spiro atoms.